The highest BCUT2D eigenvalue weighted by Crippen LogP contribution is 2.25. The minimum absolute atomic E-state index is 0. The molecule has 116 valence electrons. The third kappa shape index (κ3) is 6.26. The molecule has 0 saturated carbocycles. The zero-order chi connectivity index (χ0) is 14.2. The van der Waals surface area contributed by atoms with Gasteiger partial charge in [0.15, 0.2) is 0 Å². The third-order valence-electron chi connectivity index (χ3n) is 2.85. The van der Waals surface area contributed by atoms with Crippen molar-refractivity contribution in [2.45, 2.75) is 36.7 Å². The lowest BCUT2D eigenvalue weighted by molar-refractivity contribution is 0.407. The summed E-state index contributed by atoms with van der Waals surface area (Å²) < 4.78 is 5.59. The van der Waals surface area contributed by atoms with Gasteiger partial charge in [-0.25, -0.2) is 0 Å². The van der Waals surface area contributed by atoms with Crippen molar-refractivity contribution >= 4 is 35.8 Å². The molecule has 0 bridgehead atoms. The average Bonchev–Trinajstić information content (AvgIpc) is 2.91. The Hall–Kier alpha value is -0.750. The van der Waals surface area contributed by atoms with Crippen LogP contribution in [0.25, 0.3) is 0 Å². The van der Waals surface area contributed by atoms with Gasteiger partial charge in [0.25, 0.3) is 5.22 Å². The summed E-state index contributed by atoms with van der Waals surface area (Å²) in [5.41, 5.74) is 6.52. The van der Waals surface area contributed by atoms with Crippen molar-refractivity contribution in [1.82, 2.24) is 10.2 Å². The largest absolute Gasteiger partial charge is 0.416 e. The lowest BCUT2D eigenvalue weighted by atomic mass is 10.2. The van der Waals surface area contributed by atoms with E-state index in [9.17, 15) is 0 Å². The monoisotopic (exact) mass is 347 g/mol. The molecule has 1 heterocycles. The summed E-state index contributed by atoms with van der Waals surface area (Å²) in [5, 5.41) is 9.45. The van der Waals surface area contributed by atoms with E-state index in [0.717, 1.165) is 48.6 Å². The molecule has 21 heavy (non-hydrogen) atoms. The highest BCUT2D eigenvalue weighted by molar-refractivity contribution is 7.98. The third-order valence-corrected chi connectivity index (χ3v) is 4.09. The van der Waals surface area contributed by atoms with Crippen LogP contribution in [0.5, 0.6) is 0 Å². The SMILES string of the molecule is Cl.NCCCCCc1nnc(SCc2ccccc2Cl)o1. The van der Waals surface area contributed by atoms with Gasteiger partial charge in [0.2, 0.25) is 5.89 Å². The molecule has 1 aromatic carbocycles. The first kappa shape index (κ1) is 18.3. The minimum atomic E-state index is 0. The molecule has 0 saturated heterocycles. The molecule has 1 aromatic heterocycles. The molecule has 0 amide bonds. The van der Waals surface area contributed by atoms with Crippen LogP contribution in [-0.2, 0) is 12.2 Å². The number of aryl methyl sites for hydroxylation is 1. The van der Waals surface area contributed by atoms with Crippen molar-refractivity contribution in [3.05, 3.63) is 40.7 Å². The Balaban J connectivity index is 0.00000220. The fraction of sp³-hybridized carbons (Fsp3) is 0.429. The second kappa shape index (κ2) is 10.1. The van der Waals surface area contributed by atoms with Crippen LogP contribution in [0, 0.1) is 0 Å². The summed E-state index contributed by atoms with van der Waals surface area (Å²) in [6, 6.07) is 7.77. The Morgan fingerprint density at radius 3 is 2.71 bits per heavy atom. The number of nitrogens with two attached hydrogens (primary N) is 1. The van der Waals surface area contributed by atoms with E-state index in [-0.39, 0.29) is 12.4 Å². The van der Waals surface area contributed by atoms with Crippen LogP contribution in [0.1, 0.15) is 30.7 Å². The van der Waals surface area contributed by atoms with Crippen molar-refractivity contribution < 1.29 is 4.42 Å². The Morgan fingerprint density at radius 2 is 1.95 bits per heavy atom. The topological polar surface area (TPSA) is 64.9 Å². The van der Waals surface area contributed by atoms with E-state index in [2.05, 4.69) is 10.2 Å². The molecular formula is C14H19Cl2N3OS. The number of nitrogens with zero attached hydrogens (tertiary/aromatic N) is 2. The Morgan fingerprint density at radius 1 is 1.14 bits per heavy atom. The highest BCUT2D eigenvalue weighted by atomic mass is 35.5. The fourth-order valence-electron chi connectivity index (χ4n) is 1.75. The molecule has 0 aliphatic rings. The molecule has 0 aliphatic heterocycles. The zero-order valence-electron chi connectivity index (χ0n) is 11.6. The molecule has 0 aliphatic carbocycles. The van der Waals surface area contributed by atoms with Gasteiger partial charge in [0, 0.05) is 17.2 Å². The molecule has 0 spiro atoms. The van der Waals surface area contributed by atoms with Gasteiger partial charge in [-0.15, -0.1) is 22.6 Å². The van der Waals surface area contributed by atoms with Crippen LogP contribution in [0.3, 0.4) is 0 Å². The summed E-state index contributed by atoms with van der Waals surface area (Å²) >= 11 is 7.61. The lowest BCUT2D eigenvalue weighted by Gasteiger charge is -2.00. The van der Waals surface area contributed by atoms with Crippen molar-refractivity contribution in [3.63, 3.8) is 0 Å². The van der Waals surface area contributed by atoms with Gasteiger partial charge < -0.3 is 10.2 Å². The van der Waals surface area contributed by atoms with E-state index < -0.39 is 0 Å². The lowest BCUT2D eigenvalue weighted by Crippen LogP contribution is -1.98. The van der Waals surface area contributed by atoms with Gasteiger partial charge in [-0.1, -0.05) is 48.0 Å². The molecule has 2 rings (SSSR count). The first-order valence-electron chi connectivity index (χ1n) is 6.68. The number of unbranched alkanes of at least 4 members (excludes halogenated alkanes) is 2. The Labute approximate surface area is 140 Å². The maximum absolute atomic E-state index is 6.10. The maximum Gasteiger partial charge on any atom is 0.276 e. The van der Waals surface area contributed by atoms with E-state index >= 15 is 0 Å². The first-order valence-corrected chi connectivity index (χ1v) is 8.04. The van der Waals surface area contributed by atoms with Gasteiger partial charge in [-0.3, -0.25) is 0 Å². The standard InChI is InChI=1S/C14H18ClN3OS.ClH/c15-12-7-4-3-6-11(12)10-20-14-18-17-13(19-14)8-2-1-5-9-16;/h3-4,6-7H,1-2,5,8-10,16H2;1H. The zero-order valence-corrected chi connectivity index (χ0v) is 14.0. The summed E-state index contributed by atoms with van der Waals surface area (Å²) in [7, 11) is 0. The van der Waals surface area contributed by atoms with Crippen LogP contribution in [0.15, 0.2) is 33.9 Å². The van der Waals surface area contributed by atoms with Crippen LogP contribution in [0.2, 0.25) is 5.02 Å². The predicted octanol–water partition coefficient (Wildman–Crippen LogP) is 4.11. The summed E-state index contributed by atoms with van der Waals surface area (Å²) in [6.07, 6.45) is 4.00. The minimum Gasteiger partial charge on any atom is -0.416 e. The maximum atomic E-state index is 6.10. The molecule has 2 aromatic rings. The molecule has 4 nitrogen and oxygen atoms in total. The average molecular weight is 348 g/mol. The first-order chi connectivity index (χ1) is 9.79. The molecule has 0 atom stereocenters. The number of hydrogen-bond acceptors (Lipinski definition) is 5. The number of halogens is 2. The number of thioether (sulfide) groups is 1. The number of rotatable bonds is 8. The number of benzene rings is 1. The van der Waals surface area contributed by atoms with E-state index in [1.54, 1.807) is 0 Å². The second-order valence-electron chi connectivity index (χ2n) is 4.44. The summed E-state index contributed by atoms with van der Waals surface area (Å²) in [6.45, 7) is 0.739. The predicted molar refractivity (Wildman–Crippen MR) is 89.2 cm³/mol. The van der Waals surface area contributed by atoms with Gasteiger partial charge >= 0.3 is 0 Å². The molecule has 0 radical (unpaired) electrons. The van der Waals surface area contributed by atoms with Crippen LogP contribution < -0.4 is 5.73 Å². The van der Waals surface area contributed by atoms with Crippen molar-refractivity contribution in [1.29, 1.82) is 0 Å². The second-order valence-corrected chi connectivity index (χ2v) is 5.77. The van der Waals surface area contributed by atoms with E-state index in [1.165, 1.54) is 11.8 Å². The van der Waals surface area contributed by atoms with Crippen LogP contribution >= 0.6 is 35.8 Å². The summed E-state index contributed by atoms with van der Waals surface area (Å²) in [4.78, 5) is 0. The van der Waals surface area contributed by atoms with Crippen molar-refractivity contribution in [2.75, 3.05) is 6.54 Å². The fourth-order valence-corrected chi connectivity index (χ4v) is 2.82. The number of hydrogen-bond donors (Lipinski definition) is 1. The molecular weight excluding hydrogens is 329 g/mol. The smallest absolute Gasteiger partial charge is 0.276 e. The molecule has 0 unspecified atom stereocenters. The Kier molecular flexibility index (Phi) is 8.76. The highest BCUT2D eigenvalue weighted by Gasteiger charge is 2.08. The Bertz CT molecular complexity index is 536. The van der Waals surface area contributed by atoms with Gasteiger partial charge in [0.1, 0.15) is 0 Å². The van der Waals surface area contributed by atoms with Gasteiger partial charge in [0.05, 0.1) is 0 Å². The molecule has 2 N–H and O–H groups in total. The van der Waals surface area contributed by atoms with Gasteiger partial charge in [-0.05, 0) is 31.0 Å². The number of aromatic nitrogens is 2. The molecule has 0 fully saturated rings. The van der Waals surface area contributed by atoms with Crippen LogP contribution in [-0.4, -0.2) is 16.7 Å². The van der Waals surface area contributed by atoms with Gasteiger partial charge in [-0.2, -0.15) is 0 Å². The van der Waals surface area contributed by atoms with Crippen LogP contribution in [0.4, 0.5) is 0 Å². The van der Waals surface area contributed by atoms with E-state index in [0.29, 0.717) is 11.1 Å². The summed E-state index contributed by atoms with van der Waals surface area (Å²) in [5.74, 6) is 1.43. The van der Waals surface area contributed by atoms with E-state index in [1.807, 2.05) is 24.3 Å². The van der Waals surface area contributed by atoms with Crippen molar-refractivity contribution in [2.24, 2.45) is 5.73 Å². The quantitative estimate of drug-likeness (QED) is 0.574. The molecule has 7 heteroatoms. The normalized spacial score (nSPS) is 10.4. The van der Waals surface area contributed by atoms with E-state index in [4.69, 9.17) is 21.8 Å². The van der Waals surface area contributed by atoms with Crippen molar-refractivity contribution in [3.8, 4) is 0 Å².